The monoisotopic (exact) mass is 330 g/mol. The van der Waals surface area contributed by atoms with Crippen LogP contribution in [0.5, 0.6) is 0 Å². The number of rotatable bonds is 2. The molecule has 1 heterocycles. The molecule has 1 fully saturated rings. The van der Waals surface area contributed by atoms with E-state index in [9.17, 15) is 9.90 Å². The Kier molecular flexibility index (Phi) is 4.55. The Morgan fingerprint density at radius 2 is 1.65 bits per heavy atom. The van der Waals surface area contributed by atoms with Crippen molar-refractivity contribution in [3.63, 3.8) is 0 Å². The number of aliphatic hydroxyl groups is 1. The number of nitrogens with zero attached hydrogens (tertiary/aromatic N) is 1. The molecule has 3 rings (SSSR count). The second-order valence-corrected chi connectivity index (χ2v) is 6.26. The van der Waals surface area contributed by atoms with Gasteiger partial charge in [0.15, 0.2) is 0 Å². The highest BCUT2D eigenvalue weighted by molar-refractivity contribution is 6.30. The average Bonchev–Trinajstić information content (AvgIpc) is 2.57. The highest BCUT2D eigenvalue weighted by Gasteiger charge is 2.35. The largest absolute Gasteiger partial charge is 0.385 e. The van der Waals surface area contributed by atoms with E-state index in [2.05, 4.69) is 5.32 Å². The van der Waals surface area contributed by atoms with Crippen LogP contribution >= 0.6 is 11.6 Å². The van der Waals surface area contributed by atoms with Gasteiger partial charge >= 0.3 is 6.03 Å². The molecule has 2 amide bonds. The molecule has 0 saturated carbocycles. The number of para-hydroxylation sites is 1. The topological polar surface area (TPSA) is 52.6 Å². The normalized spacial score (nSPS) is 16.9. The summed E-state index contributed by atoms with van der Waals surface area (Å²) >= 11 is 5.89. The zero-order valence-electron chi connectivity index (χ0n) is 12.7. The standard InChI is InChI=1S/C18H19ClN2O2/c19-15-8-6-14(7-9-15)18(23)10-12-21(13-11-18)17(22)20-16-4-2-1-3-5-16/h1-9,23H,10-13H2,(H,20,22). The number of halogens is 1. The molecule has 0 aliphatic carbocycles. The lowest BCUT2D eigenvalue weighted by Gasteiger charge is -2.38. The maximum Gasteiger partial charge on any atom is 0.321 e. The third-order valence-electron chi connectivity index (χ3n) is 4.28. The number of benzene rings is 2. The molecule has 4 nitrogen and oxygen atoms in total. The van der Waals surface area contributed by atoms with Crippen LogP contribution in [0.15, 0.2) is 54.6 Å². The van der Waals surface area contributed by atoms with Gasteiger partial charge in [0.25, 0.3) is 0 Å². The van der Waals surface area contributed by atoms with Crippen molar-refractivity contribution in [1.82, 2.24) is 4.90 Å². The first-order chi connectivity index (χ1) is 11.1. The first-order valence-corrected chi connectivity index (χ1v) is 8.04. The first-order valence-electron chi connectivity index (χ1n) is 7.66. The molecule has 0 bridgehead atoms. The van der Waals surface area contributed by atoms with Crippen LogP contribution < -0.4 is 5.32 Å². The molecule has 0 atom stereocenters. The summed E-state index contributed by atoms with van der Waals surface area (Å²) in [4.78, 5) is 14.0. The number of nitrogens with one attached hydrogen (secondary N) is 1. The fourth-order valence-electron chi connectivity index (χ4n) is 2.85. The zero-order valence-corrected chi connectivity index (χ0v) is 13.5. The van der Waals surface area contributed by atoms with Crippen molar-refractivity contribution >= 4 is 23.3 Å². The molecule has 2 aromatic rings. The minimum Gasteiger partial charge on any atom is -0.385 e. The van der Waals surface area contributed by atoms with Gasteiger partial charge in [-0.2, -0.15) is 0 Å². The van der Waals surface area contributed by atoms with Crippen molar-refractivity contribution in [2.75, 3.05) is 18.4 Å². The molecule has 1 aliphatic heterocycles. The molecule has 0 spiro atoms. The number of likely N-dealkylation sites (tertiary alicyclic amines) is 1. The predicted octanol–water partition coefficient (Wildman–Crippen LogP) is 3.86. The Hall–Kier alpha value is -2.04. The van der Waals surface area contributed by atoms with Crippen LogP contribution in [-0.4, -0.2) is 29.1 Å². The molecule has 2 N–H and O–H groups in total. The Bertz CT molecular complexity index is 665. The third-order valence-corrected chi connectivity index (χ3v) is 4.54. The minimum atomic E-state index is -0.895. The van der Waals surface area contributed by atoms with Gasteiger partial charge in [0.05, 0.1) is 5.60 Å². The maximum atomic E-state index is 12.3. The third kappa shape index (κ3) is 3.66. The van der Waals surface area contributed by atoms with Gasteiger partial charge in [-0.3, -0.25) is 0 Å². The zero-order chi connectivity index (χ0) is 16.3. The van der Waals surface area contributed by atoms with E-state index in [1.54, 1.807) is 17.0 Å². The summed E-state index contributed by atoms with van der Waals surface area (Å²) in [6.45, 7) is 1.02. The average molecular weight is 331 g/mol. The van der Waals surface area contributed by atoms with Gasteiger partial charge in [-0.25, -0.2) is 4.79 Å². The van der Waals surface area contributed by atoms with E-state index >= 15 is 0 Å². The van der Waals surface area contributed by atoms with Gasteiger partial charge in [0.2, 0.25) is 0 Å². The van der Waals surface area contributed by atoms with Gasteiger partial charge in [-0.1, -0.05) is 41.9 Å². The molecule has 120 valence electrons. The van der Waals surface area contributed by atoms with Crippen molar-refractivity contribution in [2.45, 2.75) is 18.4 Å². The Labute approximate surface area is 140 Å². The van der Waals surface area contributed by atoms with Gasteiger partial charge in [-0.05, 0) is 42.7 Å². The van der Waals surface area contributed by atoms with Crippen LogP contribution in [0.2, 0.25) is 5.02 Å². The molecule has 0 unspecified atom stereocenters. The molecule has 23 heavy (non-hydrogen) atoms. The van der Waals surface area contributed by atoms with E-state index in [0.29, 0.717) is 31.0 Å². The highest BCUT2D eigenvalue weighted by atomic mass is 35.5. The first kappa shape index (κ1) is 15.8. The van der Waals surface area contributed by atoms with Crippen LogP contribution in [0.4, 0.5) is 10.5 Å². The predicted molar refractivity (Wildman–Crippen MR) is 91.6 cm³/mol. The second-order valence-electron chi connectivity index (χ2n) is 5.82. The Morgan fingerprint density at radius 3 is 2.26 bits per heavy atom. The van der Waals surface area contributed by atoms with Gasteiger partial charge in [0, 0.05) is 23.8 Å². The maximum absolute atomic E-state index is 12.3. The number of piperidine rings is 1. The number of carbonyl (C=O) groups excluding carboxylic acids is 1. The fraction of sp³-hybridized carbons (Fsp3) is 0.278. The highest BCUT2D eigenvalue weighted by Crippen LogP contribution is 2.33. The summed E-state index contributed by atoms with van der Waals surface area (Å²) in [5, 5.41) is 14.3. The lowest BCUT2D eigenvalue weighted by Crippen LogP contribution is -2.46. The lowest BCUT2D eigenvalue weighted by molar-refractivity contribution is -0.0156. The molecule has 1 saturated heterocycles. The van der Waals surface area contributed by atoms with Crippen molar-refractivity contribution in [3.8, 4) is 0 Å². The Balaban J connectivity index is 1.61. The van der Waals surface area contributed by atoms with Crippen molar-refractivity contribution < 1.29 is 9.90 Å². The number of anilines is 1. The summed E-state index contributed by atoms with van der Waals surface area (Å²) in [5.74, 6) is 0. The summed E-state index contributed by atoms with van der Waals surface area (Å²) < 4.78 is 0. The molecule has 0 aromatic heterocycles. The van der Waals surface area contributed by atoms with Gasteiger partial charge in [0.1, 0.15) is 0 Å². The lowest BCUT2D eigenvalue weighted by atomic mass is 9.84. The summed E-state index contributed by atoms with van der Waals surface area (Å²) in [6.07, 6.45) is 1.02. The van der Waals surface area contributed by atoms with Crippen LogP contribution in [0.3, 0.4) is 0 Å². The number of carbonyl (C=O) groups is 1. The van der Waals surface area contributed by atoms with E-state index < -0.39 is 5.60 Å². The summed E-state index contributed by atoms with van der Waals surface area (Å²) in [7, 11) is 0. The van der Waals surface area contributed by atoms with E-state index in [0.717, 1.165) is 11.3 Å². The Morgan fingerprint density at radius 1 is 1.04 bits per heavy atom. The van der Waals surface area contributed by atoms with Crippen LogP contribution in [0.25, 0.3) is 0 Å². The van der Waals surface area contributed by atoms with E-state index in [4.69, 9.17) is 11.6 Å². The fourth-order valence-corrected chi connectivity index (χ4v) is 2.98. The molecule has 0 radical (unpaired) electrons. The van der Waals surface area contributed by atoms with Crippen molar-refractivity contribution in [1.29, 1.82) is 0 Å². The van der Waals surface area contributed by atoms with E-state index in [1.165, 1.54) is 0 Å². The number of hydrogen-bond acceptors (Lipinski definition) is 2. The second kappa shape index (κ2) is 6.60. The van der Waals surface area contributed by atoms with Crippen LogP contribution in [0, 0.1) is 0 Å². The molecule has 1 aliphatic rings. The smallest absolute Gasteiger partial charge is 0.321 e. The van der Waals surface area contributed by atoms with E-state index in [1.807, 2.05) is 42.5 Å². The summed E-state index contributed by atoms with van der Waals surface area (Å²) in [6, 6.07) is 16.5. The molecule has 2 aromatic carbocycles. The van der Waals surface area contributed by atoms with Crippen molar-refractivity contribution in [2.24, 2.45) is 0 Å². The molecular weight excluding hydrogens is 312 g/mol. The summed E-state index contributed by atoms with van der Waals surface area (Å²) in [5.41, 5.74) is 0.731. The molecule has 5 heteroatoms. The SMILES string of the molecule is O=C(Nc1ccccc1)N1CCC(O)(c2ccc(Cl)cc2)CC1. The van der Waals surface area contributed by atoms with Gasteiger partial charge in [-0.15, -0.1) is 0 Å². The quantitative estimate of drug-likeness (QED) is 0.878. The van der Waals surface area contributed by atoms with E-state index in [-0.39, 0.29) is 6.03 Å². The molecular formula is C18H19ClN2O2. The number of urea groups is 1. The number of hydrogen-bond donors (Lipinski definition) is 2. The minimum absolute atomic E-state index is 0.130. The van der Waals surface area contributed by atoms with Crippen molar-refractivity contribution in [3.05, 3.63) is 65.2 Å². The number of amides is 2. The van der Waals surface area contributed by atoms with Gasteiger partial charge < -0.3 is 15.3 Å². The van der Waals surface area contributed by atoms with Crippen LogP contribution in [0.1, 0.15) is 18.4 Å². The van der Waals surface area contributed by atoms with Crippen LogP contribution in [-0.2, 0) is 5.60 Å².